The number of thiazole rings is 1. The lowest BCUT2D eigenvalue weighted by Crippen LogP contribution is -2.59. The largest absolute Gasteiger partial charge is 0.508 e. The molecular weight excluding hydrogens is 1940 g/mol. The van der Waals surface area contributed by atoms with Crippen LogP contribution >= 0.6 is 32.9 Å². The van der Waals surface area contributed by atoms with Gasteiger partial charge in [0.1, 0.15) is 77.3 Å². The Morgan fingerprint density at radius 1 is 0.664 bits per heavy atom. The van der Waals surface area contributed by atoms with Gasteiger partial charge in [0.25, 0.3) is 11.8 Å². The number of carbonyl (C=O) groups is 18. The molecule has 51 nitrogen and oxygen atoms in total. The third-order valence-electron chi connectivity index (χ3n) is 22.6. The van der Waals surface area contributed by atoms with Crippen molar-refractivity contribution in [3.8, 4) is 5.75 Å². The number of carboxylic acid groups (broad SMARTS) is 3. The van der Waals surface area contributed by atoms with E-state index in [2.05, 4.69) is 94.6 Å². The van der Waals surface area contributed by atoms with Crippen molar-refractivity contribution in [2.24, 2.45) is 28.5 Å². The number of benzene rings is 2. The number of likely N-dealkylation sites (tertiary alicyclic amines) is 1. The van der Waals surface area contributed by atoms with Crippen molar-refractivity contribution in [1.82, 2.24) is 88.8 Å². The number of esters is 2. The molecule has 2 aromatic carbocycles. The van der Waals surface area contributed by atoms with Crippen LogP contribution in [0.15, 0.2) is 65.1 Å². The van der Waals surface area contributed by atoms with Gasteiger partial charge < -0.3 is 135 Å². The number of rotatable bonds is 61. The zero-order chi connectivity index (χ0) is 106. The van der Waals surface area contributed by atoms with Crippen LogP contribution < -0.4 is 80.4 Å². The molecule has 54 heteroatoms. The Bertz CT molecular complexity index is 5030. The number of aliphatic imine (C=N–C) groups is 1. The molecule has 0 saturated carbocycles. The summed E-state index contributed by atoms with van der Waals surface area (Å²) in [4.78, 5) is 259. The molecule has 2 aliphatic rings. The molecule has 15 unspecified atom stereocenters. The molecule has 6 rings (SSSR count). The first-order valence-corrected chi connectivity index (χ1v) is 49.4. The van der Waals surface area contributed by atoms with Crippen LogP contribution in [0.3, 0.4) is 0 Å². The molecule has 0 bridgehead atoms. The summed E-state index contributed by atoms with van der Waals surface area (Å²) in [6, 6.07) is 1.74. The smallest absolute Gasteiger partial charge is 0.426 e. The minimum absolute atomic E-state index is 0.0537. The number of aliphatic hydroxyl groups is 5. The van der Waals surface area contributed by atoms with E-state index >= 15 is 4.79 Å². The maximum absolute atomic E-state index is 15.1. The predicted octanol–water partition coefficient (Wildman–Crippen LogP) is -2.09. The Hall–Kier alpha value is -13.3. The summed E-state index contributed by atoms with van der Waals surface area (Å²) in [6.45, 7) is 7.84. The van der Waals surface area contributed by atoms with E-state index in [0.29, 0.717) is 54.3 Å². The fourth-order valence-electron chi connectivity index (χ4n) is 14.3. The SMILES string of the molecule is CCCC(=O)OCN(C(=O)C(NC(=O)C1CCCCN1C)C(C)CC)C(CC(OC(C)=O)c1nc(C(=O)NC(Cc2ccc(O)cc2)CC(C)C(=O)NNC(=O)OCCSSCC(NC(=O)C(CCC(=O)NCC(O)C(O)C(O)C(O)CO)NC(=O)C(CCC(=O)O)NC(=O)CNC(=O)CNC(=O)CNC(=O)CCC(NC(=O)c2ccc(NCc3cnc4c(n3)CN=C(N)N4)cc2)C(=O)O)C(=O)O)cs1)C(C)C. The molecule has 4 heterocycles. The zero-order valence-corrected chi connectivity index (χ0v) is 82.6. The molecule has 25 N–H and O–H groups in total. The summed E-state index contributed by atoms with van der Waals surface area (Å²) in [6.07, 6.45) is -9.50. The number of carbonyl (C=O) groups excluding carboxylic acids is 15. The van der Waals surface area contributed by atoms with Crippen molar-refractivity contribution in [1.29, 1.82) is 0 Å². The molecule has 0 radical (unpaired) electrons. The number of amides is 13. The quantitative estimate of drug-likeness (QED) is 0.00563. The summed E-state index contributed by atoms with van der Waals surface area (Å²) in [5, 5.41) is 121. The highest BCUT2D eigenvalue weighted by atomic mass is 33.1. The number of nitrogens with zero attached hydrogens (tertiary/aromatic N) is 6. The van der Waals surface area contributed by atoms with Gasteiger partial charge in [0.05, 0.1) is 63.4 Å². The summed E-state index contributed by atoms with van der Waals surface area (Å²) >= 11 is 0.984. The maximum atomic E-state index is 15.1. The molecule has 788 valence electrons. The number of hydrogen-bond donors (Lipinski definition) is 24. The molecule has 13 amide bonds. The average molecular weight is 2070 g/mol. The van der Waals surface area contributed by atoms with Gasteiger partial charge >= 0.3 is 35.9 Å². The number of phenols is 1. The van der Waals surface area contributed by atoms with Gasteiger partial charge in [-0.25, -0.2) is 39.8 Å². The van der Waals surface area contributed by atoms with Gasteiger partial charge in [-0.1, -0.05) is 88.1 Å². The van der Waals surface area contributed by atoms with E-state index in [1.165, 1.54) is 48.4 Å². The third kappa shape index (κ3) is 41.7. The van der Waals surface area contributed by atoms with E-state index in [0.717, 1.165) is 45.8 Å². The Labute approximate surface area is 834 Å². The average Bonchev–Trinajstić information content (AvgIpc) is 1.12. The van der Waals surface area contributed by atoms with Crippen molar-refractivity contribution >= 4 is 157 Å². The summed E-state index contributed by atoms with van der Waals surface area (Å²) in [7, 11) is 3.62. The number of likely N-dealkylation sites (N-methyl/N-ethyl adjacent to an activating group) is 1. The summed E-state index contributed by atoms with van der Waals surface area (Å²) < 4.78 is 16.8. The Kier molecular flexibility index (Phi) is 50.4. The number of aliphatic carboxylic acids is 3. The number of hydrogen-bond acceptors (Lipinski definition) is 38. The highest BCUT2D eigenvalue weighted by Crippen LogP contribution is 2.33. The van der Waals surface area contributed by atoms with Gasteiger partial charge in [0.15, 0.2) is 24.6 Å². The molecule has 0 spiro atoms. The maximum Gasteiger partial charge on any atom is 0.426 e. The zero-order valence-electron chi connectivity index (χ0n) is 80.2. The van der Waals surface area contributed by atoms with Gasteiger partial charge in [-0.2, -0.15) is 0 Å². The lowest BCUT2D eigenvalue weighted by atomic mass is 9.92. The Morgan fingerprint density at radius 3 is 1.91 bits per heavy atom. The Morgan fingerprint density at radius 2 is 1.29 bits per heavy atom. The fraction of sp³-hybridized carbons (Fsp3) is 0.573. The van der Waals surface area contributed by atoms with Gasteiger partial charge in [-0.15, -0.1) is 11.3 Å². The van der Waals surface area contributed by atoms with E-state index in [1.54, 1.807) is 37.4 Å². The first-order chi connectivity index (χ1) is 67.9. The molecule has 1 saturated heterocycles. The second kappa shape index (κ2) is 60.9. The number of phenolic OH excluding ortho intramolecular Hbond substituents is 1. The fourth-order valence-corrected chi connectivity index (χ4v) is 17.1. The van der Waals surface area contributed by atoms with Gasteiger partial charge in [-0.05, 0) is 119 Å². The highest BCUT2D eigenvalue weighted by Gasteiger charge is 2.41. The van der Waals surface area contributed by atoms with E-state index < -0.39 is 275 Å². The standard InChI is InChI=1S/C89H129N21O30S3/c1-9-13-73(123)139-45-110(85(132)74(47(5)10-2)105-83(131)62-14-11-12-29-109(62)8)63(46(3)4)34-66(140-49(7)112)84-104-60(43-141-84)82(130)99-53(33-50-15-21-55(113)22-16-50)32-48(6)78(126)107-108-89(137)138-30-31-142-143-44-61(87(135)136)103-81(129)57(23-26-67(116)92-38-64(114)75(124)76(125)65(115)42-111)101-80(128)56(25-28-72(121)122)100-71(120)41-95-70(119)40-94-69(118)39-93-68(117)27-24-58(86(133)134)102-79(127)51-17-19-52(20-18-51)91-35-54-36-96-77-59(98-54)37-97-88(90)106-77/h15-22,36,43,46-48,53,56-58,61-66,74-76,91,111,113-115,124-125H,9-14,23-35,37-42,44-45H2,1-8H3,(H,92,116)(H,93,117)(H,94,118)(H,95,119)(H,99,130)(H,100,120)(H,101,128)(H,102,127)(H,103,129)(H,105,131)(H,107,126)(H,108,137)(H,121,122)(H,133,134)(H,135,136)(H3,90,96,97,106). The normalized spacial score (nSPS) is 15.7. The van der Waals surface area contributed by atoms with Gasteiger partial charge in [0.2, 0.25) is 59.1 Å². The van der Waals surface area contributed by atoms with Crippen LogP contribution in [0.2, 0.25) is 0 Å². The van der Waals surface area contributed by atoms with Crippen LogP contribution in [0.1, 0.15) is 187 Å². The molecule has 15 atom stereocenters. The number of anilines is 2. The van der Waals surface area contributed by atoms with Crippen LogP contribution in [0.25, 0.3) is 0 Å². The van der Waals surface area contributed by atoms with Crippen LogP contribution in [0, 0.1) is 17.8 Å². The Balaban J connectivity index is 1.00. The number of carboxylic acids is 3. The van der Waals surface area contributed by atoms with Gasteiger partial charge in [0, 0.05) is 91.7 Å². The minimum atomic E-state index is -2.12. The lowest BCUT2D eigenvalue weighted by molar-refractivity contribution is -0.160. The molecule has 1 fully saturated rings. The number of aromatic hydroxyl groups is 1. The second-order valence-corrected chi connectivity index (χ2v) is 37.6. The number of aromatic nitrogens is 3. The van der Waals surface area contributed by atoms with Crippen LogP contribution in [-0.2, 0) is 106 Å². The van der Waals surface area contributed by atoms with Crippen LogP contribution in [0.4, 0.5) is 16.3 Å². The molecule has 2 aliphatic heterocycles. The van der Waals surface area contributed by atoms with Gasteiger partial charge in [-0.3, -0.25) is 82.2 Å². The monoisotopic (exact) mass is 2070 g/mol. The van der Waals surface area contributed by atoms with Crippen molar-refractivity contribution < 1.29 is 146 Å². The summed E-state index contributed by atoms with van der Waals surface area (Å²) in [5.74, 6) is -18.1. The third-order valence-corrected chi connectivity index (χ3v) is 25.9. The molecular formula is C89H129N21O30S3. The first-order valence-electron chi connectivity index (χ1n) is 46.1. The number of guanidine groups is 1. The summed E-state index contributed by atoms with van der Waals surface area (Å²) in [5.41, 5.74) is 12.4. The number of hydrazine groups is 1. The molecule has 143 heavy (non-hydrogen) atoms. The lowest BCUT2D eigenvalue weighted by Gasteiger charge is -2.39. The molecule has 4 aromatic rings. The van der Waals surface area contributed by atoms with Crippen molar-refractivity contribution in [3.63, 3.8) is 0 Å². The number of nitrogens with two attached hydrogens (primary N) is 1. The van der Waals surface area contributed by atoms with E-state index in [9.17, 15) is 127 Å². The number of aliphatic hydroxyl groups excluding tert-OH is 5. The second-order valence-electron chi connectivity index (χ2n) is 34.1. The number of nitrogens with one attached hydrogen (secondary N) is 14. The molecule has 0 aliphatic carbocycles. The predicted molar refractivity (Wildman–Crippen MR) is 514 cm³/mol. The molecule has 2 aromatic heterocycles. The minimum Gasteiger partial charge on any atom is -0.508 e. The van der Waals surface area contributed by atoms with E-state index in [-0.39, 0.29) is 90.9 Å². The first kappa shape index (κ1) is 118. The van der Waals surface area contributed by atoms with E-state index in [1.807, 2.05) is 39.6 Å². The highest BCUT2D eigenvalue weighted by molar-refractivity contribution is 8.76. The van der Waals surface area contributed by atoms with Crippen LogP contribution in [0.5, 0.6) is 5.75 Å². The van der Waals surface area contributed by atoms with E-state index in [4.69, 9.17) is 19.9 Å². The topological polar surface area (TPSA) is 769 Å². The number of fused-ring (bicyclic) bond motifs is 1. The van der Waals surface area contributed by atoms with Crippen molar-refractivity contribution in [2.75, 3.05) is 81.9 Å². The van der Waals surface area contributed by atoms with Crippen LogP contribution in [-0.4, -0.2) is 327 Å². The number of piperidine rings is 1. The van der Waals surface area contributed by atoms with Crippen molar-refractivity contribution in [2.45, 2.75) is 237 Å². The number of ether oxygens (including phenoxy) is 3. The van der Waals surface area contributed by atoms with Crippen molar-refractivity contribution in [3.05, 3.63) is 93.3 Å².